The van der Waals surface area contributed by atoms with Crippen LogP contribution < -0.4 is 18.9 Å². The Balaban J connectivity index is 1.49. The summed E-state index contributed by atoms with van der Waals surface area (Å²) in [6.07, 6.45) is 0.560. The number of nitrogens with zero attached hydrogens (tertiary/aromatic N) is 2. The number of benzene rings is 4. The van der Waals surface area contributed by atoms with Crippen molar-refractivity contribution < 1.29 is 37.4 Å². The SMILES string of the molecule is COc1ccc(C[N+](C)(Cc2ccc(OC)cc2)C[C@@H]2OC(C)(CC(C)C)O[C@H]2C[N+](C)(Cc2ccc(OC)cc2)Cc2ccc(OC)cc2)cc1. The summed E-state index contributed by atoms with van der Waals surface area (Å²) in [6, 6.07) is 33.8. The zero-order valence-corrected chi connectivity index (χ0v) is 32.8. The van der Waals surface area contributed by atoms with E-state index in [9.17, 15) is 0 Å². The Hall–Kier alpha value is -4.08. The molecule has 8 heteroatoms. The molecule has 1 aliphatic heterocycles. The van der Waals surface area contributed by atoms with E-state index >= 15 is 0 Å². The Morgan fingerprint density at radius 2 is 0.750 bits per heavy atom. The summed E-state index contributed by atoms with van der Waals surface area (Å²) in [6.45, 7) is 11.5. The molecule has 0 aliphatic carbocycles. The predicted octanol–water partition coefficient (Wildman–Crippen LogP) is 8.26. The first kappa shape index (κ1) is 39.1. The van der Waals surface area contributed by atoms with Gasteiger partial charge in [0.25, 0.3) is 0 Å². The lowest BCUT2D eigenvalue weighted by Gasteiger charge is -2.40. The van der Waals surface area contributed by atoms with E-state index in [4.69, 9.17) is 28.4 Å². The van der Waals surface area contributed by atoms with Crippen molar-refractivity contribution in [2.45, 2.75) is 71.4 Å². The van der Waals surface area contributed by atoms with Crippen LogP contribution in [0.3, 0.4) is 0 Å². The summed E-state index contributed by atoms with van der Waals surface area (Å²) in [5, 5.41) is 0. The summed E-state index contributed by atoms with van der Waals surface area (Å²) in [5.41, 5.74) is 4.99. The molecule has 52 heavy (non-hydrogen) atoms. The zero-order valence-electron chi connectivity index (χ0n) is 32.8. The van der Waals surface area contributed by atoms with Gasteiger partial charge in [-0.3, -0.25) is 0 Å². The number of methoxy groups -OCH3 is 4. The summed E-state index contributed by atoms with van der Waals surface area (Å²) in [7, 11) is 11.5. The molecule has 0 saturated carbocycles. The second kappa shape index (κ2) is 17.2. The molecule has 2 atom stereocenters. The Bertz CT molecular complexity index is 1450. The van der Waals surface area contributed by atoms with Gasteiger partial charge in [0.1, 0.15) is 74.5 Å². The molecule has 0 radical (unpaired) electrons. The maximum Gasteiger partial charge on any atom is 0.167 e. The van der Waals surface area contributed by atoms with Crippen LogP contribution in [0.25, 0.3) is 0 Å². The Morgan fingerprint density at radius 3 is 0.962 bits per heavy atom. The summed E-state index contributed by atoms with van der Waals surface area (Å²) in [4.78, 5) is 0. The lowest BCUT2D eigenvalue weighted by Crippen LogP contribution is -2.54. The minimum atomic E-state index is -0.681. The van der Waals surface area contributed by atoms with E-state index in [1.807, 2.05) is 48.5 Å². The van der Waals surface area contributed by atoms with Crippen molar-refractivity contribution in [3.63, 3.8) is 0 Å². The van der Waals surface area contributed by atoms with E-state index in [1.165, 1.54) is 22.3 Å². The topological polar surface area (TPSA) is 55.4 Å². The van der Waals surface area contributed by atoms with Gasteiger partial charge >= 0.3 is 0 Å². The standard InChI is InChI=1S/C44H60N2O6/c1-33(2)26-44(3)51-42(31-45(4,27-34-10-18-38(47-6)19-11-34)28-35-12-20-39(48-7)21-13-35)43(52-44)32-46(5,29-36-14-22-40(49-8)23-15-36)30-37-16-24-41(50-9)25-17-37/h10-25,33,42-43H,26-32H2,1-9H3/q+2/t42-,43-/m0/s1. The van der Waals surface area contributed by atoms with Crippen molar-refractivity contribution in [3.8, 4) is 23.0 Å². The van der Waals surface area contributed by atoms with Crippen molar-refractivity contribution in [3.05, 3.63) is 119 Å². The number of ether oxygens (including phenoxy) is 6. The molecule has 0 N–H and O–H groups in total. The van der Waals surface area contributed by atoms with Gasteiger partial charge in [-0.1, -0.05) is 13.8 Å². The first-order valence-corrected chi connectivity index (χ1v) is 18.4. The number of likely N-dealkylation sites (N-methyl/N-ethyl adjacent to an activating group) is 2. The van der Waals surface area contributed by atoms with Crippen LogP contribution in [0, 0.1) is 5.92 Å². The fourth-order valence-corrected chi connectivity index (χ4v) is 7.89. The number of hydrogen-bond donors (Lipinski definition) is 0. The van der Waals surface area contributed by atoms with Gasteiger partial charge < -0.3 is 37.4 Å². The van der Waals surface area contributed by atoms with Crippen LogP contribution in [0.1, 0.15) is 49.4 Å². The normalized spacial score (nSPS) is 17.3. The Morgan fingerprint density at radius 1 is 0.500 bits per heavy atom. The number of rotatable bonds is 18. The van der Waals surface area contributed by atoms with Crippen LogP contribution in [-0.2, 0) is 35.7 Å². The lowest BCUT2D eigenvalue weighted by molar-refractivity contribution is -0.944. The molecule has 5 rings (SSSR count). The van der Waals surface area contributed by atoms with E-state index < -0.39 is 5.79 Å². The van der Waals surface area contributed by atoms with Crippen LogP contribution >= 0.6 is 0 Å². The lowest BCUT2D eigenvalue weighted by atomic mass is 10.0. The quantitative estimate of drug-likeness (QED) is 0.0969. The molecule has 4 aromatic rings. The van der Waals surface area contributed by atoms with Crippen molar-refractivity contribution in [1.82, 2.24) is 0 Å². The van der Waals surface area contributed by atoms with Gasteiger partial charge in [-0.05, 0) is 110 Å². The Labute approximate surface area is 312 Å². The Kier molecular flexibility index (Phi) is 12.9. The first-order chi connectivity index (χ1) is 24.8. The molecule has 1 aliphatic rings. The third kappa shape index (κ3) is 10.7. The second-order valence-electron chi connectivity index (χ2n) is 15.7. The highest BCUT2D eigenvalue weighted by molar-refractivity contribution is 5.29. The average molecular weight is 713 g/mol. The fraction of sp³-hybridized carbons (Fsp3) is 0.455. The van der Waals surface area contributed by atoms with Crippen LogP contribution in [0.15, 0.2) is 97.1 Å². The van der Waals surface area contributed by atoms with Gasteiger partial charge in [0.2, 0.25) is 0 Å². The fourth-order valence-electron chi connectivity index (χ4n) is 7.89. The van der Waals surface area contributed by atoms with E-state index in [2.05, 4.69) is 83.4 Å². The van der Waals surface area contributed by atoms with Crippen molar-refractivity contribution in [1.29, 1.82) is 0 Å². The third-order valence-corrected chi connectivity index (χ3v) is 10.1. The molecule has 0 spiro atoms. The summed E-state index contributed by atoms with van der Waals surface area (Å²) < 4.78 is 37.6. The third-order valence-electron chi connectivity index (χ3n) is 10.1. The highest BCUT2D eigenvalue weighted by Crippen LogP contribution is 2.38. The molecule has 0 bridgehead atoms. The first-order valence-electron chi connectivity index (χ1n) is 18.4. The molecule has 0 unspecified atom stereocenters. The monoisotopic (exact) mass is 712 g/mol. The molecule has 8 nitrogen and oxygen atoms in total. The zero-order chi connectivity index (χ0) is 37.4. The van der Waals surface area contributed by atoms with Crippen LogP contribution in [0.2, 0.25) is 0 Å². The molecular formula is C44H60N2O6+2. The molecular weight excluding hydrogens is 652 g/mol. The predicted molar refractivity (Wildman–Crippen MR) is 207 cm³/mol. The van der Waals surface area contributed by atoms with Crippen molar-refractivity contribution in [2.24, 2.45) is 5.92 Å². The van der Waals surface area contributed by atoms with Gasteiger partial charge in [0.15, 0.2) is 5.79 Å². The van der Waals surface area contributed by atoms with Crippen molar-refractivity contribution in [2.75, 3.05) is 55.6 Å². The molecule has 4 aromatic carbocycles. The van der Waals surface area contributed by atoms with Gasteiger partial charge in [0, 0.05) is 28.7 Å². The molecule has 280 valence electrons. The molecule has 1 fully saturated rings. The average Bonchev–Trinajstić information content (AvgIpc) is 3.41. The maximum absolute atomic E-state index is 7.10. The van der Waals surface area contributed by atoms with E-state index in [0.29, 0.717) is 5.92 Å². The highest BCUT2D eigenvalue weighted by Gasteiger charge is 2.50. The van der Waals surface area contributed by atoms with Crippen LogP contribution in [0.5, 0.6) is 23.0 Å². The minimum absolute atomic E-state index is 0.130. The number of quaternary nitrogens is 2. The molecule has 0 amide bonds. The van der Waals surface area contributed by atoms with Gasteiger partial charge in [-0.25, -0.2) is 0 Å². The van der Waals surface area contributed by atoms with E-state index in [1.54, 1.807) is 28.4 Å². The van der Waals surface area contributed by atoms with Gasteiger partial charge in [-0.15, -0.1) is 0 Å². The largest absolute Gasteiger partial charge is 0.497 e. The minimum Gasteiger partial charge on any atom is -0.497 e. The maximum atomic E-state index is 7.10. The molecule has 1 saturated heterocycles. The second-order valence-corrected chi connectivity index (χ2v) is 15.7. The molecule has 1 heterocycles. The van der Waals surface area contributed by atoms with Gasteiger partial charge in [0.05, 0.1) is 42.5 Å². The van der Waals surface area contributed by atoms with Gasteiger partial charge in [-0.2, -0.15) is 0 Å². The van der Waals surface area contributed by atoms with Crippen LogP contribution in [0.4, 0.5) is 0 Å². The number of hydrogen-bond acceptors (Lipinski definition) is 6. The van der Waals surface area contributed by atoms with Crippen LogP contribution in [-0.4, -0.2) is 82.6 Å². The molecule has 0 aromatic heterocycles. The van der Waals surface area contributed by atoms with E-state index in [0.717, 1.165) is 77.7 Å². The highest BCUT2D eigenvalue weighted by atomic mass is 16.8. The summed E-state index contributed by atoms with van der Waals surface area (Å²) >= 11 is 0. The van der Waals surface area contributed by atoms with E-state index in [-0.39, 0.29) is 12.2 Å². The summed E-state index contributed by atoms with van der Waals surface area (Å²) in [5.74, 6) is 3.17. The smallest absolute Gasteiger partial charge is 0.167 e. The van der Waals surface area contributed by atoms with Crippen molar-refractivity contribution >= 4 is 0 Å².